The third-order valence-corrected chi connectivity index (χ3v) is 5.81. The van der Waals surface area contributed by atoms with Gasteiger partial charge in [-0.1, -0.05) is 6.92 Å². The molecule has 1 saturated heterocycles. The zero-order valence-corrected chi connectivity index (χ0v) is 12.1. The Morgan fingerprint density at radius 1 is 1.41 bits per heavy atom. The summed E-state index contributed by atoms with van der Waals surface area (Å²) in [6, 6.07) is 0.348. The van der Waals surface area contributed by atoms with E-state index in [0.717, 1.165) is 13.0 Å². The first-order valence-corrected chi connectivity index (χ1v) is 7.77. The van der Waals surface area contributed by atoms with E-state index in [1.165, 1.54) is 0 Å². The Labute approximate surface area is 105 Å². The van der Waals surface area contributed by atoms with E-state index < -0.39 is 10.0 Å². The molecule has 1 rings (SSSR count). The van der Waals surface area contributed by atoms with Crippen LogP contribution in [0.1, 0.15) is 20.3 Å². The summed E-state index contributed by atoms with van der Waals surface area (Å²) in [5.41, 5.74) is 0. The lowest BCUT2D eigenvalue weighted by Crippen LogP contribution is -2.55. The van der Waals surface area contributed by atoms with Crippen LogP contribution in [0.3, 0.4) is 0 Å². The van der Waals surface area contributed by atoms with Gasteiger partial charge < -0.3 is 10.2 Å². The second-order valence-corrected chi connectivity index (χ2v) is 7.17. The number of hydrogen-bond acceptors (Lipinski definition) is 4. The molecule has 0 aromatic heterocycles. The van der Waals surface area contributed by atoms with E-state index in [9.17, 15) is 8.42 Å². The van der Waals surface area contributed by atoms with Crippen molar-refractivity contribution in [1.29, 1.82) is 0 Å². The standard InChI is InChI=1S/C11H25N3O2S/c1-5-11-9-14(7-6-13(11)4)17(15,16)10(2)8-12-3/h10-12H,5-9H2,1-4H3. The van der Waals surface area contributed by atoms with Crippen LogP contribution in [0.4, 0.5) is 0 Å². The quantitative estimate of drug-likeness (QED) is 0.756. The van der Waals surface area contributed by atoms with E-state index in [1.54, 1.807) is 18.3 Å². The van der Waals surface area contributed by atoms with Crippen LogP contribution in [0.2, 0.25) is 0 Å². The van der Waals surface area contributed by atoms with Crippen LogP contribution in [-0.4, -0.2) is 69.2 Å². The number of piperazine rings is 1. The second-order valence-electron chi connectivity index (χ2n) is 4.81. The van der Waals surface area contributed by atoms with Gasteiger partial charge in [-0.05, 0) is 27.4 Å². The minimum atomic E-state index is -3.15. The molecule has 2 atom stereocenters. The van der Waals surface area contributed by atoms with E-state index in [0.29, 0.717) is 25.7 Å². The second kappa shape index (κ2) is 6.13. The van der Waals surface area contributed by atoms with Gasteiger partial charge in [-0.3, -0.25) is 0 Å². The van der Waals surface area contributed by atoms with Gasteiger partial charge in [0.1, 0.15) is 0 Å². The van der Waals surface area contributed by atoms with Crippen LogP contribution in [0.15, 0.2) is 0 Å². The Hall–Kier alpha value is -0.170. The zero-order chi connectivity index (χ0) is 13.1. The van der Waals surface area contributed by atoms with Crippen LogP contribution in [-0.2, 0) is 10.0 Å². The topological polar surface area (TPSA) is 52.7 Å². The minimum Gasteiger partial charge on any atom is -0.318 e. The molecule has 0 radical (unpaired) electrons. The van der Waals surface area contributed by atoms with Gasteiger partial charge in [0.15, 0.2) is 0 Å². The molecule has 0 spiro atoms. The minimum absolute atomic E-state index is 0.348. The Kier molecular flexibility index (Phi) is 5.37. The number of nitrogens with zero attached hydrogens (tertiary/aromatic N) is 2. The molecule has 1 heterocycles. The molecule has 5 nitrogen and oxygen atoms in total. The normalized spacial score (nSPS) is 26.0. The maximum atomic E-state index is 12.3. The summed E-state index contributed by atoms with van der Waals surface area (Å²) in [4.78, 5) is 2.24. The number of sulfonamides is 1. The molecule has 0 aliphatic carbocycles. The Morgan fingerprint density at radius 3 is 2.59 bits per heavy atom. The largest absolute Gasteiger partial charge is 0.318 e. The highest BCUT2D eigenvalue weighted by Crippen LogP contribution is 2.16. The SMILES string of the molecule is CCC1CN(S(=O)(=O)C(C)CNC)CCN1C. The summed E-state index contributed by atoms with van der Waals surface area (Å²) in [7, 11) is 0.701. The molecule has 1 fully saturated rings. The third kappa shape index (κ3) is 3.40. The first-order valence-electron chi connectivity index (χ1n) is 6.27. The van der Waals surface area contributed by atoms with Crippen molar-refractivity contribution in [2.45, 2.75) is 31.6 Å². The van der Waals surface area contributed by atoms with Crippen LogP contribution in [0, 0.1) is 0 Å². The molecule has 102 valence electrons. The lowest BCUT2D eigenvalue weighted by molar-refractivity contribution is 0.143. The summed E-state index contributed by atoms with van der Waals surface area (Å²) >= 11 is 0. The van der Waals surface area contributed by atoms with Crippen molar-refractivity contribution in [3.8, 4) is 0 Å². The highest BCUT2D eigenvalue weighted by molar-refractivity contribution is 7.89. The predicted molar refractivity (Wildman–Crippen MR) is 70.6 cm³/mol. The molecular formula is C11H25N3O2S. The van der Waals surface area contributed by atoms with Gasteiger partial charge in [-0.15, -0.1) is 0 Å². The molecule has 1 aliphatic heterocycles. The lowest BCUT2D eigenvalue weighted by Gasteiger charge is -2.39. The van der Waals surface area contributed by atoms with E-state index in [2.05, 4.69) is 24.2 Å². The predicted octanol–water partition coefficient (Wildman–Crippen LogP) is -0.0499. The highest BCUT2D eigenvalue weighted by atomic mass is 32.2. The number of likely N-dealkylation sites (N-methyl/N-ethyl adjacent to an activating group) is 1. The molecular weight excluding hydrogens is 238 g/mol. The molecule has 1 aliphatic rings. The van der Waals surface area contributed by atoms with Gasteiger partial charge >= 0.3 is 0 Å². The summed E-state index contributed by atoms with van der Waals surface area (Å²) in [6.07, 6.45) is 0.989. The van der Waals surface area contributed by atoms with E-state index in [1.807, 2.05) is 0 Å². The van der Waals surface area contributed by atoms with E-state index in [4.69, 9.17) is 0 Å². The van der Waals surface area contributed by atoms with Crippen molar-refractivity contribution in [3.05, 3.63) is 0 Å². The molecule has 1 N–H and O–H groups in total. The first kappa shape index (κ1) is 14.9. The van der Waals surface area contributed by atoms with E-state index >= 15 is 0 Å². The Balaban J connectivity index is 2.73. The third-order valence-electron chi connectivity index (χ3n) is 3.57. The van der Waals surface area contributed by atoms with Crippen molar-refractivity contribution < 1.29 is 8.42 Å². The smallest absolute Gasteiger partial charge is 0.218 e. The summed E-state index contributed by atoms with van der Waals surface area (Å²) in [6.45, 7) is 6.45. The van der Waals surface area contributed by atoms with Crippen LogP contribution in [0.5, 0.6) is 0 Å². The van der Waals surface area contributed by atoms with Crippen molar-refractivity contribution in [3.63, 3.8) is 0 Å². The maximum absolute atomic E-state index is 12.3. The van der Waals surface area contributed by atoms with Gasteiger partial charge in [-0.25, -0.2) is 8.42 Å². The van der Waals surface area contributed by atoms with E-state index in [-0.39, 0.29) is 5.25 Å². The lowest BCUT2D eigenvalue weighted by atomic mass is 10.1. The Bertz CT molecular complexity index is 332. The zero-order valence-electron chi connectivity index (χ0n) is 11.3. The molecule has 0 aromatic carbocycles. The number of rotatable bonds is 5. The average Bonchev–Trinajstić information content (AvgIpc) is 2.29. The molecule has 0 aromatic rings. The monoisotopic (exact) mass is 263 g/mol. The van der Waals surface area contributed by atoms with Crippen molar-refractivity contribution >= 4 is 10.0 Å². The maximum Gasteiger partial charge on any atom is 0.218 e. The van der Waals surface area contributed by atoms with Crippen molar-refractivity contribution in [2.75, 3.05) is 40.3 Å². The first-order chi connectivity index (χ1) is 7.93. The summed E-state index contributed by atoms with van der Waals surface area (Å²) in [5.74, 6) is 0. The van der Waals surface area contributed by atoms with Crippen LogP contribution in [0.25, 0.3) is 0 Å². The summed E-state index contributed by atoms with van der Waals surface area (Å²) < 4.78 is 26.3. The Morgan fingerprint density at radius 2 is 2.06 bits per heavy atom. The van der Waals surface area contributed by atoms with Gasteiger partial charge in [0, 0.05) is 32.2 Å². The number of nitrogens with one attached hydrogen (secondary N) is 1. The number of hydrogen-bond donors (Lipinski definition) is 1. The van der Waals surface area contributed by atoms with Crippen molar-refractivity contribution in [2.24, 2.45) is 0 Å². The van der Waals surface area contributed by atoms with Crippen LogP contribution < -0.4 is 5.32 Å². The van der Waals surface area contributed by atoms with Crippen LogP contribution >= 0.6 is 0 Å². The summed E-state index contributed by atoms with van der Waals surface area (Å²) in [5, 5.41) is 2.58. The molecule has 0 amide bonds. The fourth-order valence-corrected chi connectivity index (χ4v) is 3.84. The van der Waals surface area contributed by atoms with Crippen molar-refractivity contribution in [1.82, 2.24) is 14.5 Å². The molecule has 6 heteroatoms. The molecule has 0 bridgehead atoms. The molecule has 2 unspecified atom stereocenters. The van der Waals surface area contributed by atoms with Gasteiger partial charge in [0.25, 0.3) is 0 Å². The molecule has 17 heavy (non-hydrogen) atoms. The average molecular weight is 263 g/mol. The van der Waals surface area contributed by atoms with Gasteiger partial charge in [0.05, 0.1) is 5.25 Å². The fraction of sp³-hybridized carbons (Fsp3) is 1.00. The van der Waals surface area contributed by atoms with Gasteiger partial charge in [0.2, 0.25) is 10.0 Å². The highest BCUT2D eigenvalue weighted by Gasteiger charge is 2.33. The molecule has 0 saturated carbocycles. The van der Waals surface area contributed by atoms with Gasteiger partial charge in [-0.2, -0.15) is 4.31 Å². The fourth-order valence-electron chi connectivity index (χ4n) is 2.24.